The smallest absolute Gasteiger partial charge is 0.217 e. The molecule has 0 fully saturated rings. The Labute approximate surface area is 110 Å². The van der Waals surface area contributed by atoms with E-state index in [-0.39, 0.29) is 23.0 Å². The Morgan fingerprint density at radius 2 is 2.17 bits per heavy atom. The Hall–Kier alpha value is -1.03. The van der Waals surface area contributed by atoms with Gasteiger partial charge in [-0.2, -0.15) is 0 Å². The van der Waals surface area contributed by atoms with Crippen LogP contribution in [0.2, 0.25) is 0 Å². The molecule has 0 spiro atoms. The fourth-order valence-electron chi connectivity index (χ4n) is 2.42. The van der Waals surface area contributed by atoms with Crippen LogP contribution in [0.25, 0.3) is 0 Å². The molecule has 2 aliphatic rings. The molecule has 0 N–H and O–H groups in total. The zero-order valence-electron chi connectivity index (χ0n) is 10.3. The average molecular weight is 273 g/mol. The van der Waals surface area contributed by atoms with Crippen LogP contribution in [0, 0.1) is 17.8 Å². The van der Waals surface area contributed by atoms with E-state index < -0.39 is 12.0 Å². The quantitative estimate of drug-likeness (QED) is 0.651. The van der Waals surface area contributed by atoms with Crippen molar-refractivity contribution in [2.45, 2.75) is 20.0 Å². The molecule has 5 heteroatoms. The van der Waals surface area contributed by atoms with Crippen molar-refractivity contribution < 1.29 is 8.78 Å². The van der Waals surface area contributed by atoms with Crippen LogP contribution < -0.4 is 0 Å². The summed E-state index contributed by atoms with van der Waals surface area (Å²) in [5.41, 5.74) is 0.825. The predicted molar refractivity (Wildman–Crippen MR) is 70.6 cm³/mol. The number of amidine groups is 1. The Balaban J connectivity index is 2.24. The summed E-state index contributed by atoms with van der Waals surface area (Å²) in [6, 6.07) is 0. The van der Waals surface area contributed by atoms with E-state index in [1.807, 2.05) is 6.92 Å². The predicted octanol–water partition coefficient (Wildman–Crippen LogP) is 3.69. The van der Waals surface area contributed by atoms with E-state index in [0.29, 0.717) is 6.54 Å². The van der Waals surface area contributed by atoms with Crippen LogP contribution >= 0.6 is 11.6 Å². The second-order valence-electron chi connectivity index (χ2n) is 4.76. The van der Waals surface area contributed by atoms with Crippen molar-refractivity contribution in [2.24, 2.45) is 27.7 Å². The largest absolute Gasteiger partial charge is 0.256 e. The zero-order valence-corrected chi connectivity index (χ0v) is 11.0. The molecule has 2 rings (SSSR count). The van der Waals surface area contributed by atoms with Crippen molar-refractivity contribution >= 4 is 22.6 Å². The van der Waals surface area contributed by atoms with Crippen LogP contribution in [0.5, 0.6) is 0 Å². The molecule has 2 unspecified atom stereocenters. The van der Waals surface area contributed by atoms with Gasteiger partial charge >= 0.3 is 0 Å². The number of allylic oxidation sites excluding steroid dienone is 4. The highest BCUT2D eigenvalue weighted by Gasteiger charge is 2.33. The second-order valence-corrected chi connectivity index (χ2v) is 5.10. The van der Waals surface area contributed by atoms with E-state index in [4.69, 9.17) is 11.6 Å². The minimum absolute atomic E-state index is 0.0173. The summed E-state index contributed by atoms with van der Waals surface area (Å²) in [6.07, 6.45) is 2.77. The highest BCUT2D eigenvalue weighted by Crippen LogP contribution is 2.33. The third-order valence-electron chi connectivity index (χ3n) is 3.59. The number of hydrogen-bond acceptors (Lipinski definition) is 2. The summed E-state index contributed by atoms with van der Waals surface area (Å²) < 4.78 is 27.1. The van der Waals surface area contributed by atoms with E-state index in [0.717, 1.165) is 11.8 Å². The molecule has 2 nitrogen and oxygen atoms in total. The molecule has 0 saturated carbocycles. The lowest BCUT2D eigenvalue weighted by molar-refractivity contribution is 0.225. The standard InChI is InChI=1S/C13H15ClF2N2/c1-7-10(4-3-9(15)5-12(7)16)11-6-17-13(14)18-8(11)2/h3-5,7,10-12H,6H2,1-2H3/t7-,10?,11?,12+/m1/s1. The molecular formula is C13H15ClF2N2. The Morgan fingerprint density at radius 1 is 1.44 bits per heavy atom. The van der Waals surface area contributed by atoms with Crippen LogP contribution in [0.15, 0.2) is 34.0 Å². The van der Waals surface area contributed by atoms with Gasteiger partial charge in [0.05, 0.1) is 6.54 Å². The van der Waals surface area contributed by atoms with Gasteiger partial charge in [-0.3, -0.25) is 4.99 Å². The molecule has 0 amide bonds. The van der Waals surface area contributed by atoms with E-state index in [1.165, 1.54) is 6.08 Å². The molecule has 0 aromatic carbocycles. The van der Waals surface area contributed by atoms with Gasteiger partial charge < -0.3 is 0 Å². The molecule has 18 heavy (non-hydrogen) atoms. The molecule has 98 valence electrons. The fourth-order valence-corrected chi connectivity index (χ4v) is 2.62. The van der Waals surface area contributed by atoms with E-state index in [2.05, 4.69) is 9.98 Å². The van der Waals surface area contributed by atoms with Crippen LogP contribution in [0.1, 0.15) is 13.8 Å². The highest BCUT2D eigenvalue weighted by atomic mass is 35.5. The van der Waals surface area contributed by atoms with Gasteiger partial charge in [-0.1, -0.05) is 13.0 Å². The third-order valence-corrected chi connectivity index (χ3v) is 3.80. The molecule has 0 bridgehead atoms. The summed E-state index contributed by atoms with van der Waals surface area (Å²) in [5, 5.41) is 0.232. The maximum atomic E-state index is 13.8. The minimum Gasteiger partial charge on any atom is -0.256 e. The van der Waals surface area contributed by atoms with Crippen LogP contribution in [0.3, 0.4) is 0 Å². The van der Waals surface area contributed by atoms with Crippen molar-refractivity contribution in [2.75, 3.05) is 6.54 Å². The summed E-state index contributed by atoms with van der Waals surface area (Å²) in [7, 11) is 0. The lowest BCUT2D eigenvalue weighted by Gasteiger charge is -2.30. The van der Waals surface area contributed by atoms with Crippen molar-refractivity contribution in [3.8, 4) is 0 Å². The zero-order chi connectivity index (χ0) is 13.3. The molecule has 0 aromatic rings. The monoisotopic (exact) mass is 272 g/mol. The fraction of sp³-hybridized carbons (Fsp3) is 0.538. The number of hydrogen-bond donors (Lipinski definition) is 0. The first kappa shape index (κ1) is 13.4. The molecule has 1 heterocycles. The maximum Gasteiger partial charge on any atom is 0.217 e. The maximum absolute atomic E-state index is 13.8. The number of alkyl halides is 1. The summed E-state index contributed by atoms with van der Waals surface area (Å²) in [5.74, 6) is -0.974. The van der Waals surface area contributed by atoms with Gasteiger partial charge in [-0.15, -0.1) is 0 Å². The minimum atomic E-state index is -1.29. The summed E-state index contributed by atoms with van der Waals surface area (Å²) >= 11 is 5.74. The van der Waals surface area contributed by atoms with Crippen molar-refractivity contribution in [1.29, 1.82) is 0 Å². The third kappa shape index (κ3) is 2.69. The Bertz CT molecular complexity index is 454. The lowest BCUT2D eigenvalue weighted by Crippen LogP contribution is -2.33. The molecular weight excluding hydrogens is 258 g/mol. The molecule has 4 atom stereocenters. The average Bonchev–Trinajstić information content (AvgIpc) is 2.41. The molecule has 0 saturated heterocycles. The number of halogens is 3. The SMILES string of the molecule is CC1=NC(Cl)=NCC1C1C=CC(F)=C[C@H](F)[C@@H]1C. The van der Waals surface area contributed by atoms with E-state index in [9.17, 15) is 8.78 Å². The first-order valence-corrected chi connectivity index (χ1v) is 6.31. The van der Waals surface area contributed by atoms with Gasteiger partial charge in [-0.25, -0.2) is 13.8 Å². The summed E-state index contributed by atoms with van der Waals surface area (Å²) in [4.78, 5) is 8.19. The van der Waals surface area contributed by atoms with Crippen molar-refractivity contribution in [3.05, 3.63) is 24.1 Å². The number of aliphatic imine (C=N–C) groups is 2. The van der Waals surface area contributed by atoms with Crippen molar-refractivity contribution in [3.63, 3.8) is 0 Å². The summed E-state index contributed by atoms with van der Waals surface area (Å²) in [6.45, 7) is 4.11. The van der Waals surface area contributed by atoms with Crippen LogP contribution in [-0.4, -0.2) is 23.7 Å². The normalized spacial score (nSPS) is 36.6. The molecule has 0 aromatic heterocycles. The van der Waals surface area contributed by atoms with Crippen LogP contribution in [0.4, 0.5) is 8.78 Å². The number of nitrogens with zero attached hydrogens (tertiary/aromatic N) is 2. The van der Waals surface area contributed by atoms with Gasteiger partial charge in [0.25, 0.3) is 0 Å². The van der Waals surface area contributed by atoms with Gasteiger partial charge in [0.15, 0.2) is 0 Å². The topological polar surface area (TPSA) is 24.7 Å². The van der Waals surface area contributed by atoms with E-state index in [1.54, 1.807) is 13.0 Å². The lowest BCUT2D eigenvalue weighted by atomic mass is 9.78. The van der Waals surface area contributed by atoms with Crippen LogP contribution in [-0.2, 0) is 0 Å². The van der Waals surface area contributed by atoms with Gasteiger partial charge in [0.2, 0.25) is 5.29 Å². The van der Waals surface area contributed by atoms with Gasteiger partial charge in [0, 0.05) is 11.6 Å². The highest BCUT2D eigenvalue weighted by molar-refractivity contribution is 6.65. The first-order valence-electron chi connectivity index (χ1n) is 5.93. The first-order chi connectivity index (χ1) is 8.49. The van der Waals surface area contributed by atoms with E-state index >= 15 is 0 Å². The van der Waals surface area contributed by atoms with Gasteiger partial charge in [-0.05, 0) is 42.5 Å². The molecule has 1 aliphatic heterocycles. The van der Waals surface area contributed by atoms with Gasteiger partial charge in [0.1, 0.15) is 12.0 Å². The number of rotatable bonds is 1. The van der Waals surface area contributed by atoms with Crippen molar-refractivity contribution in [1.82, 2.24) is 0 Å². The second kappa shape index (κ2) is 5.31. The Morgan fingerprint density at radius 3 is 2.83 bits per heavy atom. The molecule has 1 aliphatic carbocycles. The molecule has 0 radical (unpaired) electrons. The Kier molecular flexibility index (Phi) is 3.95.